The molecule has 18 nitrogen and oxygen atoms in total. The number of amides is 8. The Morgan fingerprint density at radius 2 is 1.12 bits per heavy atom. The fraction of sp³-hybridized carbons (Fsp3) is 0.551. The fourth-order valence-corrected chi connectivity index (χ4v) is 8.51. The highest BCUT2D eigenvalue weighted by molar-refractivity contribution is 6.01. The molecule has 8 amide bonds. The molecule has 2 aromatic carbocycles. The van der Waals surface area contributed by atoms with Crippen molar-refractivity contribution in [1.82, 2.24) is 52.3 Å². The van der Waals surface area contributed by atoms with Gasteiger partial charge in [0.25, 0.3) is 5.91 Å². The number of fused-ring (bicyclic) bond motifs is 2. The molecule has 3 aliphatic heterocycles. The molecule has 2 saturated heterocycles. The van der Waals surface area contributed by atoms with Crippen LogP contribution in [0.4, 0.5) is 0 Å². The van der Waals surface area contributed by atoms with E-state index in [0.29, 0.717) is 57.9 Å². The lowest BCUT2D eigenvalue weighted by Crippen LogP contribution is -2.57. The predicted molar refractivity (Wildman–Crippen MR) is 253 cm³/mol. The minimum Gasteiger partial charge on any atom is -0.354 e. The van der Waals surface area contributed by atoms with Crippen LogP contribution in [0.1, 0.15) is 89.2 Å². The zero-order valence-electron chi connectivity index (χ0n) is 39.4. The molecule has 0 saturated carbocycles. The Kier molecular flexibility index (Phi) is 20.3. The second-order valence-corrected chi connectivity index (χ2v) is 17.6. The molecule has 7 atom stereocenters. The van der Waals surface area contributed by atoms with Gasteiger partial charge in [-0.25, -0.2) is 0 Å². The van der Waals surface area contributed by atoms with Gasteiger partial charge in [0.05, 0.1) is 12.1 Å². The smallest absolute Gasteiger partial charge is 0.270 e. The molecule has 3 heterocycles. The van der Waals surface area contributed by atoms with E-state index in [1.54, 1.807) is 34.0 Å². The van der Waals surface area contributed by atoms with Gasteiger partial charge in [0.2, 0.25) is 41.4 Å². The lowest BCUT2D eigenvalue weighted by atomic mass is 10.0. The molecular formula is C49H70N10O8. The van der Waals surface area contributed by atoms with Gasteiger partial charge >= 0.3 is 0 Å². The van der Waals surface area contributed by atoms with Gasteiger partial charge in [0.15, 0.2) is 0 Å². The van der Waals surface area contributed by atoms with Crippen molar-refractivity contribution >= 4 is 47.3 Å². The van der Waals surface area contributed by atoms with Crippen LogP contribution in [0.2, 0.25) is 0 Å². The Labute approximate surface area is 393 Å². The van der Waals surface area contributed by atoms with Gasteiger partial charge in [0, 0.05) is 39.0 Å². The van der Waals surface area contributed by atoms with Gasteiger partial charge < -0.3 is 52.3 Å². The molecule has 8 N–H and O–H groups in total. The molecule has 5 rings (SSSR count). The second-order valence-electron chi connectivity index (χ2n) is 17.6. The van der Waals surface area contributed by atoms with Gasteiger partial charge in [-0.05, 0) is 90.4 Å². The standard InChI is InChI=1S/C49H70N10O8/c1-32(50-3)42(60)54-36-22-12-7-14-26-52-44(62)38(30-34-18-8-5-9-19-34)56-47(65)41-25-17-29-59(41)49(67)37(55-43(61)33(2)51-4)23-13-15-27-53-45(63)39(31-35-20-10-6-11-21-35)57-46(64)40-24-16-28-58(40)48(36)66/h5-6,8-11,18-21,23,32-33,36,38-41,50-51H,7,12-17,22,24-31H2,1-4H3,(H,52,62)(H,53,63)(H,54,60)(H,55,61)(H,56,65)(H,57,64)/b37-23-/t32-,33-,36-,38-,39-,40-,41?/m0/s1. The van der Waals surface area contributed by atoms with Crippen LogP contribution in [-0.2, 0) is 51.2 Å². The van der Waals surface area contributed by atoms with Crippen LogP contribution < -0.4 is 42.5 Å². The largest absolute Gasteiger partial charge is 0.354 e. The Hall–Kier alpha value is -6.14. The normalized spacial score (nSPS) is 25.1. The quantitative estimate of drug-likeness (QED) is 0.166. The Balaban J connectivity index is 1.42. The van der Waals surface area contributed by atoms with Crippen molar-refractivity contribution in [2.45, 2.75) is 133 Å². The molecule has 0 bridgehead atoms. The summed E-state index contributed by atoms with van der Waals surface area (Å²) in [6.45, 7) is 4.35. The lowest BCUT2D eigenvalue weighted by Gasteiger charge is -2.30. The number of likely N-dealkylation sites (N-methyl/N-ethyl adjacent to an activating group) is 2. The number of carbonyl (C=O) groups excluding carboxylic acids is 8. The first-order valence-corrected chi connectivity index (χ1v) is 23.8. The van der Waals surface area contributed by atoms with Crippen LogP contribution in [0.25, 0.3) is 0 Å². The monoisotopic (exact) mass is 927 g/mol. The van der Waals surface area contributed by atoms with Crippen LogP contribution >= 0.6 is 0 Å². The van der Waals surface area contributed by atoms with Crippen molar-refractivity contribution in [2.24, 2.45) is 0 Å². The summed E-state index contributed by atoms with van der Waals surface area (Å²) >= 11 is 0. The zero-order chi connectivity index (χ0) is 48.3. The minimum absolute atomic E-state index is 0.00251. The number of rotatable bonds is 10. The maximum atomic E-state index is 14.3. The van der Waals surface area contributed by atoms with Crippen molar-refractivity contribution in [2.75, 3.05) is 40.3 Å². The molecule has 0 aromatic heterocycles. The summed E-state index contributed by atoms with van der Waals surface area (Å²) in [4.78, 5) is 114. The number of hydrogen-bond donors (Lipinski definition) is 8. The maximum Gasteiger partial charge on any atom is 0.270 e. The number of allylic oxidation sites excluding steroid dienone is 1. The van der Waals surface area contributed by atoms with Crippen LogP contribution in [0.3, 0.4) is 0 Å². The van der Waals surface area contributed by atoms with Crippen LogP contribution in [0.15, 0.2) is 72.4 Å². The molecule has 18 heteroatoms. The number of benzene rings is 2. The van der Waals surface area contributed by atoms with Gasteiger partial charge in [-0.1, -0.05) is 79.6 Å². The Bertz CT molecular complexity index is 2050. The number of nitrogens with one attached hydrogen (secondary N) is 8. The Morgan fingerprint density at radius 3 is 1.67 bits per heavy atom. The van der Waals surface area contributed by atoms with Crippen molar-refractivity contribution in [3.63, 3.8) is 0 Å². The maximum absolute atomic E-state index is 14.3. The van der Waals surface area contributed by atoms with Gasteiger partial charge in [0.1, 0.15) is 35.9 Å². The average Bonchev–Trinajstić information content (AvgIpc) is 4.04. The molecular weight excluding hydrogens is 857 g/mol. The van der Waals surface area contributed by atoms with E-state index in [-0.39, 0.29) is 62.8 Å². The van der Waals surface area contributed by atoms with Crippen LogP contribution in [0, 0.1) is 0 Å². The van der Waals surface area contributed by atoms with Crippen LogP contribution in [-0.4, -0.2) is 140 Å². The fourth-order valence-electron chi connectivity index (χ4n) is 8.51. The van der Waals surface area contributed by atoms with Crippen molar-refractivity contribution in [1.29, 1.82) is 0 Å². The Morgan fingerprint density at radius 1 is 0.612 bits per heavy atom. The van der Waals surface area contributed by atoms with Gasteiger partial charge in [-0.15, -0.1) is 0 Å². The highest BCUT2D eigenvalue weighted by Crippen LogP contribution is 2.23. The van der Waals surface area contributed by atoms with Gasteiger partial charge in [-0.2, -0.15) is 0 Å². The summed E-state index contributed by atoms with van der Waals surface area (Å²) in [6.07, 6.45) is 6.36. The van der Waals surface area contributed by atoms with Crippen molar-refractivity contribution in [3.8, 4) is 0 Å². The average molecular weight is 927 g/mol. The third-order valence-electron chi connectivity index (χ3n) is 12.7. The summed E-state index contributed by atoms with van der Waals surface area (Å²) in [5, 5.41) is 23.2. The van der Waals surface area contributed by atoms with E-state index < -0.39 is 77.7 Å². The molecule has 364 valence electrons. The summed E-state index contributed by atoms with van der Waals surface area (Å²) in [5.41, 5.74) is 1.64. The van der Waals surface area contributed by atoms with E-state index in [1.165, 1.54) is 9.80 Å². The zero-order valence-corrected chi connectivity index (χ0v) is 39.4. The molecule has 0 radical (unpaired) electrons. The molecule has 0 aliphatic carbocycles. The summed E-state index contributed by atoms with van der Waals surface area (Å²) in [5.74, 6) is -3.51. The number of nitrogens with zero attached hydrogens (tertiary/aromatic N) is 2. The molecule has 2 fully saturated rings. The van der Waals surface area contributed by atoms with E-state index in [2.05, 4.69) is 42.5 Å². The molecule has 1 unspecified atom stereocenters. The summed E-state index contributed by atoms with van der Waals surface area (Å²) in [7, 11) is 3.27. The van der Waals surface area contributed by atoms with E-state index in [0.717, 1.165) is 11.1 Å². The first-order valence-electron chi connectivity index (χ1n) is 23.8. The SMILES string of the molecule is CN[C@@H](C)C(=O)N/C1=C\CCCNC(=O)[C@H](Cc2ccccc2)NC(=O)[C@@H]2CCCN2C(=O)[C@@H](NC(=O)[C@H](C)NC)CCCCCNC(=O)[C@H](Cc2ccccc2)NC(=O)C2CCCN2C1=O. The first-order chi connectivity index (χ1) is 32.3. The van der Waals surface area contributed by atoms with E-state index in [1.807, 2.05) is 60.7 Å². The molecule has 2 aromatic rings. The molecule has 3 aliphatic rings. The van der Waals surface area contributed by atoms with Gasteiger partial charge in [-0.3, -0.25) is 38.4 Å². The van der Waals surface area contributed by atoms with Crippen LogP contribution in [0.5, 0.6) is 0 Å². The number of hydrogen-bond acceptors (Lipinski definition) is 10. The summed E-state index contributed by atoms with van der Waals surface area (Å²) < 4.78 is 0. The lowest BCUT2D eigenvalue weighted by molar-refractivity contribution is -0.142. The number of carbonyl (C=O) groups is 8. The van der Waals surface area contributed by atoms with E-state index in [4.69, 9.17) is 0 Å². The minimum atomic E-state index is -0.983. The first kappa shape index (κ1) is 51.8. The topological polar surface area (TPSA) is 239 Å². The van der Waals surface area contributed by atoms with E-state index in [9.17, 15) is 38.4 Å². The van der Waals surface area contributed by atoms with Crippen molar-refractivity contribution < 1.29 is 38.4 Å². The second kappa shape index (κ2) is 26.3. The van der Waals surface area contributed by atoms with Crippen molar-refractivity contribution in [3.05, 3.63) is 83.6 Å². The highest BCUT2D eigenvalue weighted by Gasteiger charge is 2.40. The molecule has 0 spiro atoms. The highest BCUT2D eigenvalue weighted by atomic mass is 16.2. The summed E-state index contributed by atoms with van der Waals surface area (Å²) in [6, 6.07) is 12.7. The molecule has 67 heavy (non-hydrogen) atoms. The third kappa shape index (κ3) is 15.2. The third-order valence-corrected chi connectivity index (χ3v) is 12.7. The van der Waals surface area contributed by atoms with E-state index >= 15 is 0 Å². The predicted octanol–water partition coefficient (Wildman–Crippen LogP) is 0.711.